The molecule has 0 saturated carbocycles. The second kappa shape index (κ2) is 7.67. The maximum absolute atomic E-state index is 5.88. The third-order valence-corrected chi connectivity index (χ3v) is 7.62. The van der Waals surface area contributed by atoms with Gasteiger partial charge in [0.15, 0.2) is 0 Å². The minimum atomic E-state index is 0.0507. The summed E-state index contributed by atoms with van der Waals surface area (Å²) in [6.45, 7) is 11.4. The van der Waals surface area contributed by atoms with Crippen LogP contribution in [0.3, 0.4) is 0 Å². The van der Waals surface area contributed by atoms with Crippen molar-refractivity contribution in [3.05, 3.63) is 99.6 Å². The van der Waals surface area contributed by atoms with Gasteiger partial charge in [-0.05, 0) is 89.6 Å². The first-order chi connectivity index (χ1) is 16.0. The van der Waals surface area contributed by atoms with E-state index in [2.05, 4.69) is 98.4 Å². The molecule has 6 rings (SSSR count). The summed E-state index contributed by atoms with van der Waals surface area (Å²) in [5.41, 5.74) is 13.4. The fourth-order valence-corrected chi connectivity index (χ4v) is 5.83. The molecule has 0 bridgehead atoms. The van der Waals surface area contributed by atoms with Crippen LogP contribution in [0, 0.1) is 27.7 Å². The lowest BCUT2D eigenvalue weighted by atomic mass is 9.59. The molecule has 4 heteroatoms. The van der Waals surface area contributed by atoms with E-state index < -0.39 is 0 Å². The van der Waals surface area contributed by atoms with Crippen LogP contribution in [0.5, 0.6) is 0 Å². The van der Waals surface area contributed by atoms with E-state index in [4.69, 9.17) is 4.74 Å². The van der Waals surface area contributed by atoms with Gasteiger partial charge in [-0.1, -0.05) is 48.5 Å². The number of benzene rings is 4. The highest BCUT2D eigenvalue weighted by molar-refractivity contribution is 6.81. The van der Waals surface area contributed by atoms with Gasteiger partial charge in [-0.3, -0.25) is 0 Å². The third kappa shape index (κ3) is 3.16. The maximum atomic E-state index is 5.88. The molecular formula is C29H29BN2O. The van der Waals surface area contributed by atoms with E-state index in [-0.39, 0.29) is 6.98 Å². The zero-order chi connectivity index (χ0) is 22.7. The number of fused-ring (bicyclic) bond motifs is 1. The quantitative estimate of drug-likeness (QED) is 0.406. The van der Waals surface area contributed by atoms with Gasteiger partial charge in [0, 0.05) is 23.3 Å². The van der Waals surface area contributed by atoms with Crippen LogP contribution in [0.4, 0.5) is 11.4 Å². The molecule has 0 aromatic heterocycles. The van der Waals surface area contributed by atoms with E-state index in [1.165, 1.54) is 66.6 Å². The lowest BCUT2D eigenvalue weighted by molar-refractivity contribution is 0.134. The van der Waals surface area contributed by atoms with E-state index in [0.717, 1.165) is 13.2 Å². The Kier molecular flexibility index (Phi) is 4.74. The number of hydrogen-bond acceptors (Lipinski definition) is 3. The van der Waals surface area contributed by atoms with E-state index in [9.17, 15) is 0 Å². The van der Waals surface area contributed by atoms with Crippen molar-refractivity contribution in [2.75, 3.05) is 10.0 Å². The molecule has 0 spiro atoms. The molecule has 2 heterocycles. The monoisotopic (exact) mass is 432 g/mol. The lowest BCUT2D eigenvalue weighted by Gasteiger charge is -2.39. The summed E-state index contributed by atoms with van der Waals surface area (Å²) in [6, 6.07) is 22.1. The van der Waals surface area contributed by atoms with E-state index in [1.54, 1.807) is 0 Å². The third-order valence-electron chi connectivity index (χ3n) is 7.62. The van der Waals surface area contributed by atoms with Gasteiger partial charge in [-0.2, -0.15) is 0 Å². The predicted molar refractivity (Wildman–Crippen MR) is 139 cm³/mol. The van der Waals surface area contributed by atoms with Gasteiger partial charge in [-0.15, -0.1) is 0 Å². The fraction of sp³-hybridized carbons (Fsp3) is 0.241. The normalized spacial score (nSPS) is 14.5. The topological polar surface area (TPSA) is 24.5 Å². The van der Waals surface area contributed by atoms with Crippen molar-refractivity contribution >= 4 is 34.6 Å². The molecule has 2 aliphatic heterocycles. The lowest BCUT2D eigenvalue weighted by Crippen LogP contribution is -2.57. The molecule has 1 N–H and O–H groups in total. The second-order valence-corrected chi connectivity index (χ2v) is 9.59. The van der Waals surface area contributed by atoms with Gasteiger partial charge in [0.1, 0.15) is 0 Å². The zero-order valence-electron chi connectivity index (χ0n) is 19.8. The molecule has 0 saturated heterocycles. The number of nitrogens with zero attached hydrogens (tertiary/aromatic N) is 1. The summed E-state index contributed by atoms with van der Waals surface area (Å²) in [5.74, 6) is 0. The number of hydrogen-bond donors (Lipinski definition) is 1. The predicted octanol–water partition coefficient (Wildman–Crippen LogP) is 5.93. The molecule has 2 aliphatic rings. The van der Waals surface area contributed by atoms with Gasteiger partial charge < -0.3 is 14.8 Å². The van der Waals surface area contributed by atoms with Gasteiger partial charge >= 0.3 is 6.98 Å². The Bertz CT molecular complexity index is 1400. The Hall–Kier alpha value is -3.24. The zero-order valence-corrected chi connectivity index (χ0v) is 19.8. The molecule has 0 unspecified atom stereocenters. The van der Waals surface area contributed by atoms with E-state index in [1.807, 2.05) is 0 Å². The van der Waals surface area contributed by atoms with E-state index >= 15 is 0 Å². The van der Waals surface area contributed by atoms with Crippen LogP contribution in [-0.2, 0) is 24.5 Å². The van der Waals surface area contributed by atoms with Gasteiger partial charge in [0.25, 0.3) is 0 Å². The molecule has 0 amide bonds. The first kappa shape index (κ1) is 20.4. The van der Waals surface area contributed by atoms with Crippen LogP contribution in [-0.4, -0.2) is 6.98 Å². The molecule has 33 heavy (non-hydrogen) atoms. The molecule has 0 atom stereocenters. The summed E-state index contributed by atoms with van der Waals surface area (Å²) in [5, 5.41) is 6.55. The highest BCUT2D eigenvalue weighted by Crippen LogP contribution is 2.40. The smallest absolute Gasteiger partial charge is 0.405 e. The molecule has 4 aromatic carbocycles. The minimum absolute atomic E-state index is 0.0507. The molecule has 0 fully saturated rings. The summed E-state index contributed by atoms with van der Waals surface area (Å²) in [4.78, 5) is 2.56. The van der Waals surface area contributed by atoms with Crippen LogP contribution in [0.2, 0.25) is 0 Å². The van der Waals surface area contributed by atoms with Crippen LogP contribution >= 0.6 is 0 Å². The average Bonchev–Trinajstić information content (AvgIpc) is 3.31. The van der Waals surface area contributed by atoms with Crippen LogP contribution in [0.25, 0.3) is 10.8 Å². The second-order valence-electron chi connectivity index (χ2n) is 9.59. The van der Waals surface area contributed by atoms with Gasteiger partial charge in [0.05, 0.1) is 13.2 Å². The van der Waals surface area contributed by atoms with E-state index in [0.29, 0.717) is 6.61 Å². The van der Waals surface area contributed by atoms with Crippen LogP contribution in [0.1, 0.15) is 38.9 Å². The highest BCUT2D eigenvalue weighted by atomic mass is 16.5. The maximum Gasteiger partial charge on any atom is 0.409 e. The molecular weight excluding hydrogens is 403 g/mol. The SMILES string of the molecule is Cc1cc2c3c(cccc3c1)NB(c1c(C)c(C)c3c(c1C)COC3)N2Cc1ccccc1. The standard InChI is InChI=1S/C29H29BN2O/c1-18-13-23-11-8-12-26-28(23)27(14-18)32(15-22-9-6-5-7-10-22)30(31-26)29-20(3)19(2)24-16-33-17-25(24)21(29)4/h5-14,31H,15-17H2,1-4H3. The first-order valence-electron chi connectivity index (χ1n) is 11.8. The molecule has 0 radical (unpaired) electrons. The van der Waals surface area contributed by atoms with Crippen LogP contribution in [0.15, 0.2) is 60.7 Å². The highest BCUT2D eigenvalue weighted by Gasteiger charge is 2.37. The van der Waals surface area contributed by atoms with Crippen molar-refractivity contribution in [1.29, 1.82) is 0 Å². The fourth-order valence-electron chi connectivity index (χ4n) is 5.83. The van der Waals surface area contributed by atoms with Crippen LogP contribution < -0.4 is 15.5 Å². The van der Waals surface area contributed by atoms with Crippen molar-refractivity contribution in [3.63, 3.8) is 0 Å². The number of anilines is 2. The molecule has 164 valence electrons. The molecule has 0 aliphatic carbocycles. The van der Waals surface area contributed by atoms with Gasteiger partial charge in [-0.25, -0.2) is 0 Å². The Morgan fingerprint density at radius 1 is 0.848 bits per heavy atom. The Balaban J connectivity index is 1.60. The van der Waals surface area contributed by atoms with Crippen molar-refractivity contribution in [2.24, 2.45) is 0 Å². The van der Waals surface area contributed by atoms with Crippen molar-refractivity contribution < 1.29 is 4.74 Å². The largest absolute Gasteiger partial charge is 0.409 e. The number of ether oxygens (including phenoxy) is 1. The average molecular weight is 432 g/mol. The Morgan fingerprint density at radius 2 is 1.61 bits per heavy atom. The summed E-state index contributed by atoms with van der Waals surface area (Å²) >= 11 is 0. The number of rotatable bonds is 3. The summed E-state index contributed by atoms with van der Waals surface area (Å²) < 4.78 is 5.88. The Morgan fingerprint density at radius 3 is 2.39 bits per heavy atom. The van der Waals surface area contributed by atoms with Gasteiger partial charge in [0.2, 0.25) is 0 Å². The van der Waals surface area contributed by atoms with Crippen molar-refractivity contribution in [3.8, 4) is 0 Å². The minimum Gasteiger partial charge on any atom is -0.405 e. The number of nitrogens with one attached hydrogen (secondary N) is 1. The first-order valence-corrected chi connectivity index (χ1v) is 11.8. The van der Waals surface area contributed by atoms with Crippen molar-refractivity contribution in [2.45, 2.75) is 47.5 Å². The van der Waals surface area contributed by atoms with Crippen molar-refractivity contribution in [1.82, 2.24) is 0 Å². The summed E-state index contributed by atoms with van der Waals surface area (Å²) in [6.07, 6.45) is 0. The molecule has 4 aromatic rings. The number of aryl methyl sites for hydroxylation is 1. The molecule has 3 nitrogen and oxygen atoms in total. The summed E-state index contributed by atoms with van der Waals surface area (Å²) in [7, 11) is 0. The Labute approximate surface area is 196 Å².